The third-order valence-corrected chi connectivity index (χ3v) is 6.70. The minimum Gasteiger partial charge on any atom is -0.508 e. The van der Waals surface area contributed by atoms with Gasteiger partial charge in [-0.3, -0.25) is 0 Å². The average Bonchev–Trinajstić information content (AvgIpc) is 3.18. The number of para-hydroxylation sites is 2. The molecule has 0 radical (unpaired) electrons. The SMILES string of the molecule is Oc1ccc(CCc2ccccc2-c2nc3ccccc3n2CC2CCCCC2)cc1. The number of fused-ring (bicyclic) bond motifs is 1. The van der Waals surface area contributed by atoms with E-state index in [1.165, 1.54) is 54.3 Å². The van der Waals surface area contributed by atoms with Crippen molar-refractivity contribution >= 4 is 11.0 Å². The molecule has 4 aromatic rings. The summed E-state index contributed by atoms with van der Waals surface area (Å²) in [5.41, 5.74) is 6.14. The van der Waals surface area contributed by atoms with Gasteiger partial charge in [0.2, 0.25) is 0 Å². The molecule has 1 aliphatic rings. The maximum absolute atomic E-state index is 9.56. The van der Waals surface area contributed by atoms with Gasteiger partial charge in [-0.05, 0) is 67.0 Å². The maximum atomic E-state index is 9.56. The highest BCUT2D eigenvalue weighted by molar-refractivity contribution is 5.81. The summed E-state index contributed by atoms with van der Waals surface area (Å²) in [4.78, 5) is 5.11. The van der Waals surface area contributed by atoms with Crippen molar-refractivity contribution < 1.29 is 5.11 Å². The zero-order valence-corrected chi connectivity index (χ0v) is 18.0. The highest BCUT2D eigenvalue weighted by Crippen LogP contribution is 2.32. The van der Waals surface area contributed by atoms with Crippen LogP contribution in [0.2, 0.25) is 0 Å². The number of aryl methyl sites for hydroxylation is 2. The van der Waals surface area contributed by atoms with Gasteiger partial charge in [0, 0.05) is 12.1 Å². The van der Waals surface area contributed by atoms with Crippen LogP contribution in [-0.2, 0) is 19.4 Å². The molecule has 3 aromatic carbocycles. The fourth-order valence-corrected chi connectivity index (χ4v) is 4.99. The molecule has 0 unspecified atom stereocenters. The Balaban J connectivity index is 1.50. The molecule has 1 aliphatic carbocycles. The van der Waals surface area contributed by atoms with E-state index in [-0.39, 0.29) is 0 Å². The molecule has 0 aliphatic heterocycles. The van der Waals surface area contributed by atoms with Crippen molar-refractivity contribution in [3.63, 3.8) is 0 Å². The van der Waals surface area contributed by atoms with Crippen LogP contribution in [0.3, 0.4) is 0 Å². The first-order valence-electron chi connectivity index (χ1n) is 11.6. The van der Waals surface area contributed by atoms with Gasteiger partial charge in [0.25, 0.3) is 0 Å². The van der Waals surface area contributed by atoms with E-state index in [0.29, 0.717) is 5.75 Å². The number of hydrogen-bond donors (Lipinski definition) is 1. The normalized spacial score (nSPS) is 14.8. The van der Waals surface area contributed by atoms with Gasteiger partial charge in [-0.25, -0.2) is 4.98 Å². The molecule has 0 saturated heterocycles. The summed E-state index contributed by atoms with van der Waals surface area (Å²) in [6.07, 6.45) is 8.65. The first kappa shape index (κ1) is 19.9. The summed E-state index contributed by atoms with van der Waals surface area (Å²) < 4.78 is 2.48. The van der Waals surface area contributed by atoms with Gasteiger partial charge in [-0.2, -0.15) is 0 Å². The Hall–Kier alpha value is -3.07. The van der Waals surface area contributed by atoms with Crippen molar-refractivity contribution in [1.29, 1.82) is 0 Å². The summed E-state index contributed by atoms with van der Waals surface area (Å²) in [5, 5.41) is 9.56. The Bertz CT molecular complexity index is 1150. The van der Waals surface area contributed by atoms with Crippen LogP contribution < -0.4 is 0 Å². The van der Waals surface area contributed by atoms with Gasteiger partial charge >= 0.3 is 0 Å². The number of aromatic hydroxyl groups is 1. The molecule has 0 atom stereocenters. The van der Waals surface area contributed by atoms with Gasteiger partial charge in [0.05, 0.1) is 11.0 Å². The van der Waals surface area contributed by atoms with Crippen molar-refractivity contribution in [2.24, 2.45) is 5.92 Å². The van der Waals surface area contributed by atoms with Crippen LogP contribution in [0.25, 0.3) is 22.4 Å². The highest BCUT2D eigenvalue weighted by atomic mass is 16.3. The Morgan fingerprint density at radius 1 is 0.806 bits per heavy atom. The first-order valence-corrected chi connectivity index (χ1v) is 11.6. The predicted octanol–water partition coefficient (Wildman–Crippen LogP) is 6.77. The van der Waals surface area contributed by atoms with Crippen LogP contribution in [0.4, 0.5) is 0 Å². The molecular formula is C28H30N2O. The van der Waals surface area contributed by atoms with Crippen molar-refractivity contribution in [1.82, 2.24) is 9.55 Å². The molecule has 158 valence electrons. The third-order valence-electron chi connectivity index (χ3n) is 6.70. The monoisotopic (exact) mass is 410 g/mol. The topological polar surface area (TPSA) is 38.1 Å². The molecule has 0 spiro atoms. The lowest BCUT2D eigenvalue weighted by Gasteiger charge is -2.23. The van der Waals surface area contributed by atoms with Gasteiger partial charge in [-0.1, -0.05) is 67.8 Å². The highest BCUT2D eigenvalue weighted by Gasteiger charge is 2.20. The first-order chi connectivity index (χ1) is 15.3. The summed E-state index contributed by atoms with van der Waals surface area (Å²) in [6.45, 7) is 1.06. The van der Waals surface area contributed by atoms with E-state index < -0.39 is 0 Å². The van der Waals surface area contributed by atoms with Crippen LogP contribution in [0, 0.1) is 5.92 Å². The van der Waals surface area contributed by atoms with Crippen molar-refractivity contribution in [2.45, 2.75) is 51.5 Å². The summed E-state index contributed by atoms with van der Waals surface area (Å²) in [6, 6.07) is 24.8. The Morgan fingerprint density at radius 3 is 2.39 bits per heavy atom. The molecule has 1 aromatic heterocycles. The number of phenols is 1. The summed E-state index contributed by atoms with van der Waals surface area (Å²) in [5.74, 6) is 2.17. The Kier molecular flexibility index (Phi) is 5.75. The lowest BCUT2D eigenvalue weighted by Crippen LogP contribution is -2.15. The fraction of sp³-hybridized carbons (Fsp3) is 0.321. The van der Waals surface area contributed by atoms with Gasteiger partial charge < -0.3 is 9.67 Å². The van der Waals surface area contributed by atoms with Gasteiger partial charge in [-0.15, -0.1) is 0 Å². The van der Waals surface area contributed by atoms with E-state index in [1.807, 2.05) is 12.1 Å². The van der Waals surface area contributed by atoms with Crippen molar-refractivity contribution in [3.8, 4) is 17.1 Å². The molecule has 1 fully saturated rings. The Morgan fingerprint density at radius 2 is 1.55 bits per heavy atom. The average molecular weight is 411 g/mol. The van der Waals surface area contributed by atoms with E-state index in [2.05, 4.69) is 53.1 Å². The minimum absolute atomic E-state index is 0.320. The van der Waals surface area contributed by atoms with E-state index in [0.717, 1.165) is 36.6 Å². The fourth-order valence-electron chi connectivity index (χ4n) is 4.99. The van der Waals surface area contributed by atoms with E-state index in [1.54, 1.807) is 12.1 Å². The van der Waals surface area contributed by atoms with E-state index in [4.69, 9.17) is 4.98 Å². The van der Waals surface area contributed by atoms with Crippen LogP contribution in [0.5, 0.6) is 5.75 Å². The number of hydrogen-bond acceptors (Lipinski definition) is 2. The number of imidazole rings is 1. The van der Waals surface area contributed by atoms with Crippen molar-refractivity contribution in [3.05, 3.63) is 83.9 Å². The molecule has 1 saturated carbocycles. The molecule has 1 N–H and O–H groups in total. The van der Waals surface area contributed by atoms with Crippen LogP contribution >= 0.6 is 0 Å². The summed E-state index contributed by atoms with van der Waals surface area (Å²) in [7, 11) is 0. The molecule has 3 heteroatoms. The van der Waals surface area contributed by atoms with E-state index >= 15 is 0 Å². The molecular weight excluding hydrogens is 380 g/mol. The molecule has 3 nitrogen and oxygen atoms in total. The maximum Gasteiger partial charge on any atom is 0.141 e. The minimum atomic E-state index is 0.320. The molecule has 1 heterocycles. The molecule has 0 bridgehead atoms. The lowest BCUT2D eigenvalue weighted by atomic mass is 9.89. The predicted molar refractivity (Wildman–Crippen MR) is 127 cm³/mol. The smallest absolute Gasteiger partial charge is 0.141 e. The third kappa shape index (κ3) is 4.36. The van der Waals surface area contributed by atoms with Crippen LogP contribution in [0.1, 0.15) is 43.2 Å². The lowest BCUT2D eigenvalue weighted by molar-refractivity contribution is 0.323. The molecule has 5 rings (SSSR count). The standard InChI is InChI=1S/C28H30N2O/c31-24-18-15-21(16-19-24)14-17-23-10-4-5-11-25(23)28-29-26-12-6-7-13-27(26)30(28)20-22-8-2-1-3-9-22/h4-7,10-13,15-16,18-19,22,31H,1-3,8-9,14,17,20H2. The van der Waals surface area contributed by atoms with Gasteiger partial charge in [0.15, 0.2) is 0 Å². The van der Waals surface area contributed by atoms with Gasteiger partial charge in [0.1, 0.15) is 11.6 Å². The second-order valence-corrected chi connectivity index (χ2v) is 8.86. The largest absolute Gasteiger partial charge is 0.508 e. The van der Waals surface area contributed by atoms with Crippen LogP contribution in [0.15, 0.2) is 72.8 Å². The van der Waals surface area contributed by atoms with Crippen LogP contribution in [-0.4, -0.2) is 14.7 Å². The number of benzene rings is 3. The second-order valence-electron chi connectivity index (χ2n) is 8.86. The number of nitrogens with zero attached hydrogens (tertiary/aromatic N) is 2. The Labute approximate surface area is 184 Å². The molecule has 31 heavy (non-hydrogen) atoms. The number of aromatic nitrogens is 2. The second kappa shape index (κ2) is 8.97. The zero-order valence-electron chi connectivity index (χ0n) is 18.0. The van der Waals surface area contributed by atoms with E-state index in [9.17, 15) is 5.11 Å². The van der Waals surface area contributed by atoms with Crippen molar-refractivity contribution in [2.75, 3.05) is 0 Å². The summed E-state index contributed by atoms with van der Waals surface area (Å²) >= 11 is 0. The number of rotatable bonds is 6. The number of phenolic OH excluding ortho intramolecular Hbond substituents is 1. The molecule has 0 amide bonds. The quantitative estimate of drug-likeness (QED) is 0.381. The zero-order chi connectivity index (χ0) is 21.0.